The summed E-state index contributed by atoms with van der Waals surface area (Å²) < 4.78 is 0. The molecule has 0 aliphatic carbocycles. The van der Waals surface area contributed by atoms with E-state index in [1.165, 1.54) is 0 Å². The lowest BCUT2D eigenvalue weighted by molar-refractivity contribution is 0.102. The highest BCUT2D eigenvalue weighted by atomic mass is 32.1. The van der Waals surface area contributed by atoms with Crippen LogP contribution in [0, 0.1) is 0 Å². The number of hydrogen-bond acceptors (Lipinski definition) is 3. The van der Waals surface area contributed by atoms with Gasteiger partial charge in [0.1, 0.15) is 0 Å². The van der Waals surface area contributed by atoms with Crippen LogP contribution in [0.2, 0.25) is 0 Å². The van der Waals surface area contributed by atoms with Crippen molar-refractivity contribution in [1.29, 1.82) is 0 Å². The van der Waals surface area contributed by atoms with Gasteiger partial charge < -0.3 is 10.2 Å². The number of benzene rings is 1. The molecule has 0 spiro atoms. The molecule has 1 amide bonds. The molecule has 0 saturated heterocycles. The number of fused-ring (bicyclic) bond motifs is 2. The van der Waals surface area contributed by atoms with Crippen molar-refractivity contribution in [2.24, 2.45) is 0 Å². The smallest absolute Gasteiger partial charge is 0.258 e. The first-order valence-corrected chi connectivity index (χ1v) is 5.92. The molecule has 1 aromatic carbocycles. The lowest BCUT2D eigenvalue weighted by Gasteiger charge is -2.18. The predicted octanol–water partition coefficient (Wildman–Crippen LogP) is 3.08. The van der Waals surface area contributed by atoms with Crippen LogP contribution in [0.25, 0.3) is 0 Å². The van der Waals surface area contributed by atoms with Gasteiger partial charge in [-0.25, -0.2) is 0 Å². The van der Waals surface area contributed by atoms with Gasteiger partial charge in [0.15, 0.2) is 0 Å². The summed E-state index contributed by atoms with van der Waals surface area (Å²) in [7, 11) is 1.98. The fourth-order valence-electron chi connectivity index (χ4n) is 1.91. The topological polar surface area (TPSA) is 32.3 Å². The molecular weight excluding hydrogens is 220 g/mol. The van der Waals surface area contributed by atoms with E-state index in [-0.39, 0.29) is 5.91 Å². The number of nitrogens with one attached hydrogen (secondary N) is 1. The molecule has 80 valence electrons. The minimum atomic E-state index is -0.0342. The molecule has 0 bridgehead atoms. The van der Waals surface area contributed by atoms with E-state index < -0.39 is 0 Å². The van der Waals surface area contributed by atoms with Crippen molar-refractivity contribution in [3.8, 4) is 0 Å². The fourth-order valence-corrected chi connectivity index (χ4v) is 2.76. The molecule has 0 atom stereocenters. The Morgan fingerprint density at radius 1 is 1.19 bits per heavy atom. The second-order valence-electron chi connectivity index (χ2n) is 3.70. The normalized spacial score (nSPS) is 13.8. The second kappa shape index (κ2) is 3.35. The first kappa shape index (κ1) is 9.42. The summed E-state index contributed by atoms with van der Waals surface area (Å²) in [5, 5.41) is 6.80. The van der Waals surface area contributed by atoms with Crippen LogP contribution in [0.5, 0.6) is 0 Å². The number of para-hydroxylation sites is 2. The van der Waals surface area contributed by atoms with Gasteiger partial charge in [-0.1, -0.05) is 12.1 Å². The first-order valence-electron chi connectivity index (χ1n) is 4.97. The Morgan fingerprint density at radius 2 is 2.00 bits per heavy atom. The van der Waals surface area contributed by atoms with Crippen molar-refractivity contribution < 1.29 is 4.79 Å². The molecule has 0 radical (unpaired) electrons. The van der Waals surface area contributed by atoms with E-state index in [0.717, 1.165) is 22.6 Å². The van der Waals surface area contributed by atoms with Crippen LogP contribution in [-0.4, -0.2) is 13.0 Å². The molecule has 0 unspecified atom stereocenters. The molecule has 1 aliphatic rings. The number of carbonyl (C=O) groups excluding carboxylic acids is 1. The van der Waals surface area contributed by atoms with Crippen LogP contribution in [-0.2, 0) is 0 Å². The molecule has 16 heavy (non-hydrogen) atoms. The van der Waals surface area contributed by atoms with Gasteiger partial charge in [-0.15, -0.1) is 11.3 Å². The van der Waals surface area contributed by atoms with Crippen molar-refractivity contribution >= 4 is 34.3 Å². The number of thiophene rings is 1. The zero-order chi connectivity index (χ0) is 11.1. The van der Waals surface area contributed by atoms with E-state index in [1.54, 1.807) is 11.3 Å². The standard InChI is InChI=1S/C12H10N2OS/c1-14-10-5-3-2-4-9(10)13-12(15)8-6-16-7-11(8)14/h2-7H,1H3,(H,13,15). The molecular formula is C12H10N2OS. The van der Waals surface area contributed by atoms with E-state index in [0.29, 0.717) is 0 Å². The molecule has 1 aliphatic heterocycles. The van der Waals surface area contributed by atoms with E-state index >= 15 is 0 Å². The van der Waals surface area contributed by atoms with Crippen LogP contribution in [0.4, 0.5) is 17.1 Å². The highest BCUT2D eigenvalue weighted by molar-refractivity contribution is 7.08. The van der Waals surface area contributed by atoms with Crippen LogP contribution >= 0.6 is 11.3 Å². The van der Waals surface area contributed by atoms with Crippen molar-refractivity contribution in [3.05, 3.63) is 40.6 Å². The van der Waals surface area contributed by atoms with E-state index in [9.17, 15) is 4.79 Å². The van der Waals surface area contributed by atoms with E-state index in [2.05, 4.69) is 5.32 Å². The molecule has 4 heteroatoms. The highest BCUT2D eigenvalue weighted by Crippen LogP contribution is 2.37. The fraction of sp³-hybridized carbons (Fsp3) is 0.0833. The SMILES string of the molecule is CN1c2ccccc2NC(=O)c2cscc21. The van der Waals surface area contributed by atoms with Gasteiger partial charge in [0.05, 0.1) is 22.6 Å². The predicted molar refractivity (Wildman–Crippen MR) is 66.8 cm³/mol. The van der Waals surface area contributed by atoms with Gasteiger partial charge >= 0.3 is 0 Å². The summed E-state index contributed by atoms with van der Waals surface area (Å²) in [6.45, 7) is 0. The van der Waals surface area contributed by atoms with Crippen LogP contribution in [0.3, 0.4) is 0 Å². The third-order valence-electron chi connectivity index (χ3n) is 2.76. The number of hydrogen-bond donors (Lipinski definition) is 1. The van der Waals surface area contributed by atoms with Crippen molar-refractivity contribution in [2.45, 2.75) is 0 Å². The Labute approximate surface area is 97.3 Å². The van der Waals surface area contributed by atoms with Gasteiger partial charge in [-0.2, -0.15) is 0 Å². The van der Waals surface area contributed by atoms with Crippen molar-refractivity contribution in [3.63, 3.8) is 0 Å². The largest absolute Gasteiger partial charge is 0.342 e. The molecule has 0 saturated carbocycles. The maximum absolute atomic E-state index is 11.9. The summed E-state index contributed by atoms with van der Waals surface area (Å²) in [5.41, 5.74) is 3.58. The quantitative estimate of drug-likeness (QED) is 0.754. The Morgan fingerprint density at radius 3 is 2.88 bits per heavy atom. The summed E-state index contributed by atoms with van der Waals surface area (Å²) in [6.07, 6.45) is 0. The van der Waals surface area contributed by atoms with Gasteiger partial charge in [0.2, 0.25) is 0 Å². The molecule has 1 aromatic heterocycles. The average Bonchev–Trinajstić information content (AvgIpc) is 2.74. The second-order valence-corrected chi connectivity index (χ2v) is 4.44. The zero-order valence-electron chi connectivity index (χ0n) is 8.73. The number of amides is 1. The lowest BCUT2D eigenvalue weighted by atomic mass is 10.2. The monoisotopic (exact) mass is 230 g/mol. The molecule has 3 rings (SSSR count). The minimum Gasteiger partial charge on any atom is -0.342 e. The molecule has 3 nitrogen and oxygen atoms in total. The number of nitrogens with zero attached hydrogens (tertiary/aromatic N) is 1. The lowest BCUT2D eigenvalue weighted by Crippen LogP contribution is -2.09. The maximum Gasteiger partial charge on any atom is 0.258 e. The van der Waals surface area contributed by atoms with Crippen LogP contribution < -0.4 is 10.2 Å². The number of anilines is 3. The van der Waals surface area contributed by atoms with Gasteiger partial charge in [-0.05, 0) is 12.1 Å². The third kappa shape index (κ3) is 1.23. The molecule has 1 N–H and O–H groups in total. The van der Waals surface area contributed by atoms with Gasteiger partial charge in [0.25, 0.3) is 5.91 Å². The van der Waals surface area contributed by atoms with Crippen molar-refractivity contribution in [2.75, 3.05) is 17.3 Å². The average molecular weight is 230 g/mol. The summed E-state index contributed by atoms with van der Waals surface area (Å²) in [5.74, 6) is -0.0342. The van der Waals surface area contributed by atoms with Crippen molar-refractivity contribution in [1.82, 2.24) is 0 Å². The third-order valence-corrected chi connectivity index (χ3v) is 3.49. The van der Waals surface area contributed by atoms with E-state index in [4.69, 9.17) is 0 Å². The van der Waals surface area contributed by atoms with Gasteiger partial charge in [-0.3, -0.25) is 4.79 Å². The Hall–Kier alpha value is -1.81. The minimum absolute atomic E-state index is 0.0342. The Balaban J connectivity index is 2.25. The molecule has 2 aromatic rings. The summed E-state index contributed by atoms with van der Waals surface area (Å²) >= 11 is 1.54. The van der Waals surface area contributed by atoms with Crippen LogP contribution in [0.1, 0.15) is 10.4 Å². The summed E-state index contributed by atoms with van der Waals surface area (Å²) in [6, 6.07) is 7.81. The number of rotatable bonds is 0. The number of carbonyl (C=O) groups is 1. The Bertz CT molecular complexity index is 562. The summed E-state index contributed by atoms with van der Waals surface area (Å²) in [4.78, 5) is 14.0. The molecule has 0 fully saturated rings. The first-order chi connectivity index (χ1) is 7.77. The maximum atomic E-state index is 11.9. The Kier molecular flexibility index (Phi) is 1.97. The highest BCUT2D eigenvalue weighted by Gasteiger charge is 2.22. The van der Waals surface area contributed by atoms with E-state index in [1.807, 2.05) is 47.0 Å². The van der Waals surface area contributed by atoms with Crippen LogP contribution in [0.15, 0.2) is 35.0 Å². The zero-order valence-corrected chi connectivity index (χ0v) is 9.54. The van der Waals surface area contributed by atoms with Gasteiger partial charge in [0, 0.05) is 17.8 Å². The molecule has 2 heterocycles.